The summed E-state index contributed by atoms with van der Waals surface area (Å²) in [5, 5.41) is 7.42. The highest BCUT2D eigenvalue weighted by molar-refractivity contribution is 7.10. The lowest BCUT2D eigenvalue weighted by atomic mass is 9.74. The van der Waals surface area contributed by atoms with Crippen LogP contribution in [0.15, 0.2) is 57.6 Å². The number of hydrogen-bond acceptors (Lipinski definition) is 7. The topological polar surface area (TPSA) is 64.6 Å². The molecule has 0 fully saturated rings. The third-order valence-electron chi connectivity index (χ3n) is 5.59. The Balaban J connectivity index is 1.63. The van der Waals surface area contributed by atoms with Gasteiger partial charge in [0.25, 0.3) is 0 Å². The Morgan fingerprint density at radius 1 is 1.13 bits per heavy atom. The van der Waals surface area contributed by atoms with Crippen LogP contribution in [0.5, 0.6) is 0 Å². The SMILES string of the molecule is CC1=C(C(=O)OCCOC(C)C)[C@H](c2cccs2)C2=C(C[C@@H](c3cccs3)CC2=O)N1. The summed E-state index contributed by atoms with van der Waals surface area (Å²) in [7, 11) is 0. The van der Waals surface area contributed by atoms with Crippen LogP contribution >= 0.6 is 22.7 Å². The van der Waals surface area contributed by atoms with Crippen molar-refractivity contribution in [1.29, 1.82) is 0 Å². The van der Waals surface area contributed by atoms with E-state index in [2.05, 4.69) is 16.8 Å². The summed E-state index contributed by atoms with van der Waals surface area (Å²) in [6.45, 7) is 6.31. The molecular formula is C24H27NO4S2. The molecule has 0 unspecified atom stereocenters. The van der Waals surface area contributed by atoms with E-state index in [-0.39, 0.29) is 30.3 Å². The number of nitrogens with one attached hydrogen (secondary N) is 1. The molecule has 2 aliphatic rings. The van der Waals surface area contributed by atoms with E-state index in [0.717, 1.165) is 22.7 Å². The molecule has 164 valence electrons. The second kappa shape index (κ2) is 9.51. The summed E-state index contributed by atoms with van der Waals surface area (Å²) in [5.74, 6) is -0.495. The van der Waals surface area contributed by atoms with Gasteiger partial charge in [0, 0.05) is 39.1 Å². The van der Waals surface area contributed by atoms with Crippen molar-refractivity contribution in [2.24, 2.45) is 0 Å². The van der Waals surface area contributed by atoms with Gasteiger partial charge in [-0.3, -0.25) is 4.79 Å². The fourth-order valence-corrected chi connectivity index (χ4v) is 5.94. The minimum atomic E-state index is -0.393. The van der Waals surface area contributed by atoms with Crippen molar-refractivity contribution in [2.45, 2.75) is 51.6 Å². The summed E-state index contributed by atoms with van der Waals surface area (Å²) >= 11 is 3.25. The van der Waals surface area contributed by atoms with Gasteiger partial charge in [-0.15, -0.1) is 22.7 Å². The van der Waals surface area contributed by atoms with Crippen molar-refractivity contribution in [3.63, 3.8) is 0 Å². The number of dihydropyridines is 1. The lowest BCUT2D eigenvalue weighted by molar-refractivity contribution is -0.141. The Morgan fingerprint density at radius 3 is 2.48 bits per heavy atom. The monoisotopic (exact) mass is 457 g/mol. The summed E-state index contributed by atoms with van der Waals surface area (Å²) < 4.78 is 11.0. The molecule has 0 bridgehead atoms. The predicted octanol–water partition coefficient (Wildman–Crippen LogP) is 5.14. The zero-order chi connectivity index (χ0) is 22.0. The van der Waals surface area contributed by atoms with E-state index in [0.29, 0.717) is 24.2 Å². The van der Waals surface area contributed by atoms with Gasteiger partial charge in [-0.25, -0.2) is 4.79 Å². The zero-order valence-electron chi connectivity index (χ0n) is 18.0. The predicted molar refractivity (Wildman–Crippen MR) is 123 cm³/mol. The van der Waals surface area contributed by atoms with Crippen LogP contribution in [0.2, 0.25) is 0 Å². The molecule has 3 heterocycles. The van der Waals surface area contributed by atoms with E-state index in [1.165, 1.54) is 4.88 Å². The van der Waals surface area contributed by atoms with Gasteiger partial charge in [-0.2, -0.15) is 0 Å². The number of rotatable bonds is 7. The molecule has 1 aliphatic heterocycles. The first-order valence-electron chi connectivity index (χ1n) is 10.5. The van der Waals surface area contributed by atoms with Crippen LogP contribution in [0.1, 0.15) is 55.2 Å². The first-order chi connectivity index (χ1) is 15.0. The quantitative estimate of drug-likeness (QED) is 0.461. The highest BCUT2D eigenvalue weighted by Gasteiger charge is 2.41. The molecule has 0 saturated carbocycles. The van der Waals surface area contributed by atoms with Gasteiger partial charge in [0.05, 0.1) is 24.2 Å². The van der Waals surface area contributed by atoms with E-state index in [1.54, 1.807) is 22.7 Å². The molecule has 0 saturated heterocycles. The van der Waals surface area contributed by atoms with E-state index in [4.69, 9.17) is 9.47 Å². The van der Waals surface area contributed by atoms with Crippen molar-refractivity contribution in [1.82, 2.24) is 5.32 Å². The highest BCUT2D eigenvalue weighted by Crippen LogP contribution is 2.47. The molecule has 0 amide bonds. The smallest absolute Gasteiger partial charge is 0.336 e. The number of Topliss-reactive ketones (excluding diaryl/α,β-unsaturated/α-hetero) is 1. The fourth-order valence-electron chi connectivity index (χ4n) is 4.27. The molecule has 2 aromatic heterocycles. The van der Waals surface area contributed by atoms with Crippen LogP contribution in [0.3, 0.4) is 0 Å². The minimum Gasteiger partial charge on any atom is -0.460 e. The van der Waals surface area contributed by atoms with Crippen LogP contribution in [0.25, 0.3) is 0 Å². The van der Waals surface area contributed by atoms with Crippen LogP contribution in [-0.4, -0.2) is 31.1 Å². The average molecular weight is 458 g/mol. The molecule has 2 aromatic rings. The van der Waals surface area contributed by atoms with Gasteiger partial charge in [-0.1, -0.05) is 12.1 Å². The lowest BCUT2D eigenvalue weighted by Crippen LogP contribution is -2.36. The van der Waals surface area contributed by atoms with Gasteiger partial charge in [-0.05, 0) is 50.1 Å². The lowest BCUT2D eigenvalue weighted by Gasteiger charge is -2.35. The average Bonchev–Trinajstić information content (AvgIpc) is 3.44. The maximum absolute atomic E-state index is 13.4. The molecule has 0 spiro atoms. The molecular weight excluding hydrogens is 430 g/mol. The van der Waals surface area contributed by atoms with E-state index in [1.807, 2.05) is 44.4 Å². The molecule has 0 aromatic carbocycles. The number of allylic oxidation sites excluding steroid dienone is 3. The minimum absolute atomic E-state index is 0.0822. The van der Waals surface area contributed by atoms with Crippen LogP contribution < -0.4 is 5.32 Å². The summed E-state index contributed by atoms with van der Waals surface area (Å²) in [6, 6.07) is 8.07. The molecule has 5 nitrogen and oxygen atoms in total. The number of carbonyl (C=O) groups excluding carboxylic acids is 2. The standard InChI is InChI=1S/C24H27NO4S2/c1-14(2)28-8-9-29-24(27)21-15(3)25-17-12-16(19-6-4-10-30-19)13-18(26)22(17)23(21)20-7-5-11-31-20/h4-7,10-11,14,16,23,25H,8-9,12-13H2,1-3H3/t16-,23+/m1/s1. The molecule has 4 rings (SSSR count). The van der Waals surface area contributed by atoms with Crippen LogP contribution in [0.4, 0.5) is 0 Å². The maximum atomic E-state index is 13.4. The van der Waals surface area contributed by atoms with E-state index < -0.39 is 5.97 Å². The molecule has 0 radical (unpaired) electrons. The number of ketones is 1. The first kappa shape index (κ1) is 22.0. The van der Waals surface area contributed by atoms with E-state index >= 15 is 0 Å². The second-order valence-corrected chi connectivity index (χ2v) is 10.1. The van der Waals surface area contributed by atoms with Crippen molar-refractivity contribution in [3.05, 3.63) is 67.3 Å². The number of hydrogen-bond donors (Lipinski definition) is 1. The van der Waals surface area contributed by atoms with Gasteiger partial charge in [0.2, 0.25) is 0 Å². The van der Waals surface area contributed by atoms with Gasteiger partial charge < -0.3 is 14.8 Å². The molecule has 1 aliphatic carbocycles. The number of thiophene rings is 2. The normalized spacial score (nSPS) is 21.4. The van der Waals surface area contributed by atoms with Crippen molar-refractivity contribution < 1.29 is 19.1 Å². The maximum Gasteiger partial charge on any atom is 0.336 e. The Kier molecular flexibility index (Phi) is 6.74. The summed E-state index contributed by atoms with van der Waals surface area (Å²) in [6.07, 6.45) is 1.32. The fraction of sp³-hybridized carbons (Fsp3) is 0.417. The third kappa shape index (κ3) is 4.68. The van der Waals surface area contributed by atoms with Crippen LogP contribution in [0, 0.1) is 0 Å². The second-order valence-electron chi connectivity index (χ2n) is 8.10. The molecule has 2 atom stereocenters. The van der Waals surface area contributed by atoms with Crippen molar-refractivity contribution in [2.75, 3.05) is 13.2 Å². The summed E-state index contributed by atoms with van der Waals surface area (Å²) in [5.41, 5.74) is 2.93. The van der Waals surface area contributed by atoms with Gasteiger partial charge in [0.1, 0.15) is 6.61 Å². The first-order valence-corrected chi connectivity index (χ1v) is 12.3. The van der Waals surface area contributed by atoms with Gasteiger partial charge >= 0.3 is 5.97 Å². The molecule has 31 heavy (non-hydrogen) atoms. The Labute approximate surface area is 190 Å². The Morgan fingerprint density at radius 2 is 1.84 bits per heavy atom. The number of carbonyl (C=O) groups is 2. The number of esters is 1. The largest absolute Gasteiger partial charge is 0.460 e. The van der Waals surface area contributed by atoms with Gasteiger partial charge in [0.15, 0.2) is 5.78 Å². The van der Waals surface area contributed by atoms with E-state index in [9.17, 15) is 9.59 Å². The number of ether oxygens (including phenoxy) is 2. The van der Waals surface area contributed by atoms with Crippen molar-refractivity contribution in [3.8, 4) is 0 Å². The zero-order valence-corrected chi connectivity index (χ0v) is 19.6. The Hall–Kier alpha value is -2.22. The molecule has 1 N–H and O–H groups in total. The highest BCUT2D eigenvalue weighted by atomic mass is 32.1. The Bertz CT molecular complexity index is 1000. The molecule has 7 heteroatoms. The van der Waals surface area contributed by atoms with Crippen LogP contribution in [-0.2, 0) is 19.1 Å². The third-order valence-corrected chi connectivity index (χ3v) is 7.56. The van der Waals surface area contributed by atoms with Crippen molar-refractivity contribution >= 4 is 34.4 Å². The summed E-state index contributed by atoms with van der Waals surface area (Å²) in [4.78, 5) is 28.7.